The van der Waals surface area contributed by atoms with Gasteiger partial charge in [-0.2, -0.15) is 0 Å². The summed E-state index contributed by atoms with van der Waals surface area (Å²) in [6.45, 7) is 4.27. The summed E-state index contributed by atoms with van der Waals surface area (Å²) in [6, 6.07) is 0. The minimum Gasteiger partial charge on any atom is -0.480 e. The van der Waals surface area contributed by atoms with E-state index in [1.165, 1.54) is 0 Å². The fraction of sp³-hybridized carbons (Fsp3) is 0.615. The van der Waals surface area contributed by atoms with E-state index in [9.17, 15) is 9.59 Å². The molecule has 2 heterocycles. The molecule has 0 saturated carbocycles. The minimum absolute atomic E-state index is 0.0852. The number of likely N-dealkylation sites (tertiary alicyclic amines) is 1. The van der Waals surface area contributed by atoms with Crippen LogP contribution >= 0.6 is 0 Å². The largest absolute Gasteiger partial charge is 0.480 e. The predicted octanol–water partition coefficient (Wildman–Crippen LogP) is 0.997. The molecule has 0 spiro atoms. The van der Waals surface area contributed by atoms with Gasteiger partial charge in [0, 0.05) is 13.1 Å². The molecule has 110 valence electrons. The monoisotopic (exact) mass is 282 g/mol. The maximum Gasteiger partial charge on any atom is 0.329 e. The van der Waals surface area contributed by atoms with Crippen molar-refractivity contribution in [3.63, 3.8) is 0 Å². The van der Waals surface area contributed by atoms with Crippen LogP contribution < -0.4 is 0 Å². The smallest absolute Gasteiger partial charge is 0.329 e. The molecule has 1 aromatic heterocycles. The van der Waals surface area contributed by atoms with Crippen LogP contribution in [-0.2, 0) is 9.53 Å². The van der Waals surface area contributed by atoms with Crippen molar-refractivity contribution in [3.05, 3.63) is 17.0 Å². The number of piperidine rings is 1. The molecule has 2 rings (SSSR count). The highest BCUT2D eigenvalue weighted by Gasteiger charge is 2.28. The van der Waals surface area contributed by atoms with Gasteiger partial charge in [-0.05, 0) is 26.7 Å². The van der Waals surface area contributed by atoms with Gasteiger partial charge in [-0.25, -0.2) is 4.79 Å². The Bertz CT molecular complexity index is 483. The van der Waals surface area contributed by atoms with Crippen molar-refractivity contribution < 1.29 is 24.0 Å². The molecule has 20 heavy (non-hydrogen) atoms. The first-order valence-corrected chi connectivity index (χ1v) is 6.54. The Morgan fingerprint density at radius 2 is 2.05 bits per heavy atom. The quantitative estimate of drug-likeness (QED) is 0.885. The van der Waals surface area contributed by atoms with Gasteiger partial charge in [0.25, 0.3) is 5.91 Å². The minimum atomic E-state index is -0.973. The van der Waals surface area contributed by atoms with E-state index in [0.717, 1.165) is 0 Å². The van der Waals surface area contributed by atoms with Crippen LogP contribution in [0.5, 0.6) is 0 Å². The van der Waals surface area contributed by atoms with E-state index < -0.39 is 5.97 Å². The molecular formula is C13H18N2O5. The topological polar surface area (TPSA) is 92.9 Å². The average molecular weight is 282 g/mol. The number of nitrogens with zero attached hydrogens (tertiary/aromatic N) is 2. The number of aliphatic carboxylic acids is 1. The summed E-state index contributed by atoms with van der Waals surface area (Å²) < 4.78 is 10.2. The number of aryl methyl sites for hydroxylation is 2. The third kappa shape index (κ3) is 3.16. The van der Waals surface area contributed by atoms with Crippen LogP contribution in [0.2, 0.25) is 0 Å². The number of ether oxygens (including phenoxy) is 1. The van der Waals surface area contributed by atoms with Gasteiger partial charge >= 0.3 is 5.97 Å². The summed E-state index contributed by atoms with van der Waals surface area (Å²) in [5, 5.41) is 12.3. The molecule has 1 fully saturated rings. The zero-order valence-electron chi connectivity index (χ0n) is 11.6. The van der Waals surface area contributed by atoms with E-state index in [0.29, 0.717) is 42.9 Å². The Hall–Kier alpha value is -1.89. The number of carbonyl (C=O) groups excluding carboxylic acids is 1. The lowest BCUT2D eigenvalue weighted by atomic mass is 10.1. The predicted molar refractivity (Wildman–Crippen MR) is 68.5 cm³/mol. The average Bonchev–Trinajstić information content (AvgIpc) is 2.76. The lowest BCUT2D eigenvalue weighted by Crippen LogP contribution is -2.41. The number of carboxylic acid groups (broad SMARTS) is 1. The second-order valence-electron chi connectivity index (χ2n) is 4.90. The van der Waals surface area contributed by atoms with Crippen LogP contribution in [0.1, 0.15) is 34.7 Å². The highest BCUT2D eigenvalue weighted by Crippen LogP contribution is 2.19. The van der Waals surface area contributed by atoms with Gasteiger partial charge in [0.05, 0.1) is 11.8 Å². The summed E-state index contributed by atoms with van der Waals surface area (Å²) in [5.74, 6) is -0.533. The first kappa shape index (κ1) is 14.5. The van der Waals surface area contributed by atoms with Gasteiger partial charge < -0.3 is 19.3 Å². The number of aromatic nitrogens is 1. The highest BCUT2D eigenvalue weighted by atomic mass is 16.5. The fourth-order valence-electron chi connectivity index (χ4n) is 2.36. The maximum atomic E-state index is 12.4. The van der Waals surface area contributed by atoms with Crippen LogP contribution in [0.15, 0.2) is 4.52 Å². The molecule has 0 aliphatic carbocycles. The Kier molecular flexibility index (Phi) is 4.39. The molecule has 0 atom stereocenters. The molecule has 0 unspecified atom stereocenters. The normalized spacial score (nSPS) is 16.4. The number of carbonyl (C=O) groups is 2. The lowest BCUT2D eigenvalue weighted by molar-refractivity contribution is -0.145. The molecule has 7 nitrogen and oxygen atoms in total. The summed E-state index contributed by atoms with van der Waals surface area (Å²) in [4.78, 5) is 24.5. The Balaban J connectivity index is 1.91. The molecule has 0 aromatic carbocycles. The van der Waals surface area contributed by atoms with Crippen molar-refractivity contribution in [2.45, 2.75) is 32.8 Å². The van der Waals surface area contributed by atoms with E-state index in [1.54, 1.807) is 18.7 Å². The fourth-order valence-corrected chi connectivity index (χ4v) is 2.36. The second-order valence-corrected chi connectivity index (χ2v) is 4.90. The van der Waals surface area contributed by atoms with Crippen molar-refractivity contribution in [2.24, 2.45) is 0 Å². The standard InChI is InChI=1S/C13H18N2O5/c1-8-12(9(2)20-14-8)13(18)15-5-3-10(4-6-15)19-7-11(16)17/h10H,3-7H2,1-2H3,(H,16,17). The SMILES string of the molecule is Cc1noc(C)c1C(=O)N1CCC(OCC(=O)O)CC1. The summed E-state index contributed by atoms with van der Waals surface area (Å²) >= 11 is 0. The molecule has 1 aliphatic rings. The van der Waals surface area contributed by atoms with Gasteiger partial charge in [0.1, 0.15) is 17.9 Å². The Morgan fingerprint density at radius 3 is 2.55 bits per heavy atom. The number of hydrogen-bond acceptors (Lipinski definition) is 5. The third-order valence-corrected chi connectivity index (χ3v) is 3.42. The van der Waals surface area contributed by atoms with Crippen LogP contribution in [0, 0.1) is 13.8 Å². The second kappa shape index (κ2) is 6.04. The van der Waals surface area contributed by atoms with Crippen LogP contribution in [0.3, 0.4) is 0 Å². The molecule has 1 saturated heterocycles. The summed E-state index contributed by atoms with van der Waals surface area (Å²) in [5.41, 5.74) is 1.12. The van der Waals surface area contributed by atoms with Crippen molar-refractivity contribution in [1.29, 1.82) is 0 Å². The van der Waals surface area contributed by atoms with E-state index in [4.69, 9.17) is 14.4 Å². The van der Waals surface area contributed by atoms with Gasteiger partial charge in [-0.3, -0.25) is 4.79 Å². The molecular weight excluding hydrogens is 264 g/mol. The molecule has 0 radical (unpaired) electrons. The van der Waals surface area contributed by atoms with E-state index in [1.807, 2.05) is 0 Å². The van der Waals surface area contributed by atoms with Gasteiger partial charge in [0.2, 0.25) is 0 Å². The van der Waals surface area contributed by atoms with Gasteiger partial charge in [-0.1, -0.05) is 5.16 Å². The van der Waals surface area contributed by atoms with Gasteiger partial charge in [-0.15, -0.1) is 0 Å². The number of hydrogen-bond donors (Lipinski definition) is 1. The third-order valence-electron chi connectivity index (χ3n) is 3.42. The van der Waals surface area contributed by atoms with E-state index in [-0.39, 0.29) is 18.6 Å². The Labute approximate surface area is 116 Å². The number of rotatable bonds is 4. The molecule has 1 aliphatic heterocycles. The van der Waals surface area contributed by atoms with E-state index in [2.05, 4.69) is 5.16 Å². The number of amides is 1. The van der Waals surface area contributed by atoms with Crippen molar-refractivity contribution in [2.75, 3.05) is 19.7 Å². The highest BCUT2D eigenvalue weighted by molar-refractivity contribution is 5.96. The molecule has 0 bridgehead atoms. The summed E-state index contributed by atoms with van der Waals surface area (Å²) in [7, 11) is 0. The Morgan fingerprint density at radius 1 is 1.40 bits per heavy atom. The molecule has 1 amide bonds. The van der Waals surface area contributed by atoms with Crippen LogP contribution in [0.4, 0.5) is 0 Å². The summed E-state index contributed by atoms with van der Waals surface area (Å²) in [6.07, 6.45) is 1.19. The van der Waals surface area contributed by atoms with Crippen LogP contribution in [-0.4, -0.2) is 52.8 Å². The zero-order chi connectivity index (χ0) is 14.7. The maximum absolute atomic E-state index is 12.4. The van der Waals surface area contributed by atoms with Crippen molar-refractivity contribution in [1.82, 2.24) is 10.1 Å². The van der Waals surface area contributed by atoms with Crippen LogP contribution in [0.25, 0.3) is 0 Å². The van der Waals surface area contributed by atoms with Gasteiger partial charge in [0.15, 0.2) is 0 Å². The molecule has 1 aromatic rings. The van der Waals surface area contributed by atoms with E-state index >= 15 is 0 Å². The lowest BCUT2D eigenvalue weighted by Gasteiger charge is -2.31. The number of carboxylic acids is 1. The zero-order valence-corrected chi connectivity index (χ0v) is 11.6. The first-order chi connectivity index (χ1) is 9.49. The molecule has 7 heteroatoms. The molecule has 1 N–H and O–H groups in total. The van der Waals surface area contributed by atoms with Crippen molar-refractivity contribution >= 4 is 11.9 Å². The van der Waals surface area contributed by atoms with Crippen molar-refractivity contribution in [3.8, 4) is 0 Å². The first-order valence-electron chi connectivity index (χ1n) is 6.54.